The fourth-order valence-corrected chi connectivity index (χ4v) is 1.81. The smallest absolute Gasteiger partial charge is 0.154 e. The van der Waals surface area contributed by atoms with Crippen LogP contribution in [-0.2, 0) is 0 Å². The quantitative estimate of drug-likeness (QED) is 0.780. The van der Waals surface area contributed by atoms with Crippen molar-refractivity contribution in [2.45, 2.75) is 12.8 Å². The first-order valence-corrected chi connectivity index (χ1v) is 5.15. The van der Waals surface area contributed by atoms with E-state index in [1.165, 1.54) is 0 Å². The Morgan fingerprint density at radius 3 is 2.93 bits per heavy atom. The minimum absolute atomic E-state index is 0.535. The second kappa shape index (κ2) is 3.24. The van der Waals surface area contributed by atoms with Crippen LogP contribution in [0, 0.1) is 6.92 Å². The minimum Gasteiger partial charge on any atom is -0.463 e. The number of aromatic nitrogens is 2. The Morgan fingerprint density at radius 1 is 1.47 bits per heavy atom. The molecule has 1 fully saturated rings. The molecule has 0 bridgehead atoms. The van der Waals surface area contributed by atoms with Crippen LogP contribution in [0.1, 0.15) is 17.4 Å². The molecule has 0 atom stereocenters. The van der Waals surface area contributed by atoms with E-state index in [2.05, 4.69) is 15.3 Å². The average Bonchev–Trinajstić information content (AvgIpc) is 2.70. The van der Waals surface area contributed by atoms with Crippen molar-refractivity contribution in [2.75, 3.05) is 13.1 Å². The molecular weight excluding hydrogens is 190 g/mol. The molecule has 0 radical (unpaired) electrons. The van der Waals surface area contributed by atoms with Crippen molar-refractivity contribution in [2.24, 2.45) is 0 Å². The number of imidazole rings is 1. The standard InChI is InChI=1S/C11H13N3O/c1-7-10(9-3-2-4-15-9)14-11(13-7)8-5-12-6-8/h2-4,8,12H,5-6H2,1H3,(H,13,14). The lowest BCUT2D eigenvalue weighted by atomic mass is 10.0. The van der Waals surface area contributed by atoms with E-state index in [0.29, 0.717) is 5.92 Å². The van der Waals surface area contributed by atoms with Crippen LogP contribution < -0.4 is 5.32 Å². The van der Waals surface area contributed by atoms with Crippen molar-refractivity contribution in [3.63, 3.8) is 0 Å². The van der Waals surface area contributed by atoms with Gasteiger partial charge >= 0.3 is 0 Å². The van der Waals surface area contributed by atoms with Gasteiger partial charge in [-0.05, 0) is 19.1 Å². The minimum atomic E-state index is 0.535. The number of H-pyrrole nitrogens is 1. The van der Waals surface area contributed by atoms with Gasteiger partial charge in [0.1, 0.15) is 11.5 Å². The van der Waals surface area contributed by atoms with Gasteiger partial charge in [-0.1, -0.05) is 0 Å². The number of hydrogen-bond donors (Lipinski definition) is 2. The Balaban J connectivity index is 1.98. The van der Waals surface area contributed by atoms with Crippen LogP contribution in [0.25, 0.3) is 11.5 Å². The summed E-state index contributed by atoms with van der Waals surface area (Å²) >= 11 is 0. The van der Waals surface area contributed by atoms with Gasteiger partial charge in [0.25, 0.3) is 0 Å². The molecule has 3 rings (SSSR count). The first-order chi connectivity index (χ1) is 7.34. The Kier molecular flexibility index (Phi) is 1.89. The number of hydrogen-bond acceptors (Lipinski definition) is 3. The Morgan fingerprint density at radius 2 is 2.33 bits per heavy atom. The van der Waals surface area contributed by atoms with Gasteiger partial charge in [-0.2, -0.15) is 0 Å². The topological polar surface area (TPSA) is 53.9 Å². The SMILES string of the molecule is Cc1[nH]c(C2CNC2)nc1-c1ccco1. The Labute approximate surface area is 87.7 Å². The summed E-state index contributed by atoms with van der Waals surface area (Å²) in [6.45, 7) is 4.07. The molecule has 1 aliphatic rings. The second-order valence-electron chi connectivity index (χ2n) is 3.93. The number of furan rings is 1. The van der Waals surface area contributed by atoms with Gasteiger partial charge in [0.15, 0.2) is 5.76 Å². The number of aryl methyl sites for hydroxylation is 1. The normalized spacial score (nSPS) is 16.6. The summed E-state index contributed by atoms with van der Waals surface area (Å²) in [7, 11) is 0. The molecule has 0 aromatic carbocycles. The van der Waals surface area contributed by atoms with Gasteiger partial charge in [0.05, 0.1) is 6.26 Å². The molecule has 2 N–H and O–H groups in total. The van der Waals surface area contributed by atoms with Crippen molar-refractivity contribution in [1.82, 2.24) is 15.3 Å². The molecule has 0 amide bonds. The molecular formula is C11H13N3O. The zero-order valence-corrected chi connectivity index (χ0v) is 8.58. The third-order valence-electron chi connectivity index (χ3n) is 2.83. The molecule has 0 saturated carbocycles. The number of nitrogens with one attached hydrogen (secondary N) is 2. The Hall–Kier alpha value is -1.55. The highest BCUT2D eigenvalue weighted by Crippen LogP contribution is 2.25. The monoisotopic (exact) mass is 203 g/mol. The van der Waals surface area contributed by atoms with Crippen molar-refractivity contribution in [3.8, 4) is 11.5 Å². The molecule has 0 aliphatic carbocycles. The summed E-state index contributed by atoms with van der Waals surface area (Å²) in [5.41, 5.74) is 2.01. The number of nitrogens with zero attached hydrogens (tertiary/aromatic N) is 1. The molecule has 2 aromatic rings. The maximum Gasteiger partial charge on any atom is 0.154 e. The summed E-state index contributed by atoms with van der Waals surface area (Å²) in [4.78, 5) is 7.91. The van der Waals surface area contributed by atoms with Crippen LogP contribution in [0.2, 0.25) is 0 Å². The highest BCUT2D eigenvalue weighted by atomic mass is 16.3. The van der Waals surface area contributed by atoms with E-state index in [4.69, 9.17) is 4.42 Å². The summed E-state index contributed by atoms with van der Waals surface area (Å²) < 4.78 is 5.35. The fraction of sp³-hybridized carbons (Fsp3) is 0.364. The van der Waals surface area contributed by atoms with Crippen LogP contribution in [0.3, 0.4) is 0 Å². The van der Waals surface area contributed by atoms with Gasteiger partial charge in [0.2, 0.25) is 0 Å². The number of rotatable bonds is 2. The Bertz CT molecular complexity index is 454. The predicted molar refractivity (Wildman–Crippen MR) is 56.6 cm³/mol. The van der Waals surface area contributed by atoms with E-state index in [9.17, 15) is 0 Å². The van der Waals surface area contributed by atoms with Crippen molar-refractivity contribution in [3.05, 3.63) is 29.9 Å². The molecule has 2 aromatic heterocycles. The maximum absolute atomic E-state index is 5.35. The van der Waals surface area contributed by atoms with E-state index in [-0.39, 0.29) is 0 Å². The van der Waals surface area contributed by atoms with Crippen molar-refractivity contribution >= 4 is 0 Å². The lowest BCUT2D eigenvalue weighted by molar-refractivity contribution is 0.432. The van der Waals surface area contributed by atoms with E-state index in [1.807, 2.05) is 19.1 Å². The molecule has 78 valence electrons. The van der Waals surface area contributed by atoms with Crippen LogP contribution in [0.4, 0.5) is 0 Å². The highest BCUT2D eigenvalue weighted by Gasteiger charge is 2.23. The first kappa shape index (κ1) is 8.73. The van der Waals surface area contributed by atoms with E-state index in [1.54, 1.807) is 6.26 Å². The van der Waals surface area contributed by atoms with E-state index >= 15 is 0 Å². The predicted octanol–water partition coefficient (Wildman–Crippen LogP) is 1.66. The van der Waals surface area contributed by atoms with Crippen LogP contribution >= 0.6 is 0 Å². The lowest BCUT2D eigenvalue weighted by Gasteiger charge is -2.24. The van der Waals surface area contributed by atoms with Gasteiger partial charge in [-0.15, -0.1) is 0 Å². The molecule has 3 heterocycles. The lowest BCUT2D eigenvalue weighted by Crippen LogP contribution is -2.40. The maximum atomic E-state index is 5.35. The third kappa shape index (κ3) is 1.37. The summed E-state index contributed by atoms with van der Waals surface area (Å²) in [5.74, 6) is 2.44. The van der Waals surface area contributed by atoms with Gasteiger partial charge in [-0.3, -0.25) is 0 Å². The third-order valence-corrected chi connectivity index (χ3v) is 2.83. The molecule has 1 saturated heterocycles. The molecule has 15 heavy (non-hydrogen) atoms. The molecule has 1 aliphatic heterocycles. The zero-order valence-electron chi connectivity index (χ0n) is 8.58. The molecule has 4 heteroatoms. The van der Waals surface area contributed by atoms with Crippen molar-refractivity contribution in [1.29, 1.82) is 0 Å². The van der Waals surface area contributed by atoms with Crippen LogP contribution in [-0.4, -0.2) is 23.1 Å². The number of aromatic amines is 1. The summed E-state index contributed by atoms with van der Waals surface area (Å²) in [6.07, 6.45) is 1.67. The summed E-state index contributed by atoms with van der Waals surface area (Å²) in [5, 5.41) is 3.24. The van der Waals surface area contributed by atoms with Crippen LogP contribution in [0.5, 0.6) is 0 Å². The fourth-order valence-electron chi connectivity index (χ4n) is 1.81. The first-order valence-electron chi connectivity index (χ1n) is 5.15. The largest absolute Gasteiger partial charge is 0.463 e. The molecule has 0 spiro atoms. The van der Waals surface area contributed by atoms with Crippen molar-refractivity contribution < 1.29 is 4.42 Å². The molecule has 0 unspecified atom stereocenters. The van der Waals surface area contributed by atoms with E-state index in [0.717, 1.165) is 36.1 Å². The highest BCUT2D eigenvalue weighted by molar-refractivity contribution is 5.55. The van der Waals surface area contributed by atoms with Gasteiger partial charge in [0, 0.05) is 24.7 Å². The van der Waals surface area contributed by atoms with Gasteiger partial charge < -0.3 is 14.7 Å². The molecule has 4 nitrogen and oxygen atoms in total. The summed E-state index contributed by atoms with van der Waals surface area (Å²) in [6, 6.07) is 3.82. The van der Waals surface area contributed by atoms with Crippen LogP contribution in [0.15, 0.2) is 22.8 Å². The average molecular weight is 203 g/mol. The van der Waals surface area contributed by atoms with Gasteiger partial charge in [-0.25, -0.2) is 4.98 Å². The van der Waals surface area contributed by atoms with E-state index < -0.39 is 0 Å². The second-order valence-corrected chi connectivity index (χ2v) is 3.93. The zero-order chi connectivity index (χ0) is 10.3.